The molecular weight excluding hydrogens is 394 g/mol. The van der Waals surface area contributed by atoms with E-state index in [-0.39, 0.29) is 17.9 Å². The van der Waals surface area contributed by atoms with E-state index in [0.717, 1.165) is 51.4 Å². The van der Waals surface area contributed by atoms with Crippen LogP contribution in [0, 0.1) is 0 Å². The molecule has 1 aromatic carbocycles. The van der Waals surface area contributed by atoms with Crippen LogP contribution in [0.3, 0.4) is 0 Å². The lowest BCUT2D eigenvalue weighted by Crippen LogP contribution is -2.55. The number of ether oxygens (including phenoxy) is 1. The summed E-state index contributed by atoms with van der Waals surface area (Å²) in [5, 5.41) is 3.38. The van der Waals surface area contributed by atoms with E-state index in [9.17, 15) is 9.59 Å². The average molecular weight is 428 g/mol. The van der Waals surface area contributed by atoms with Crippen molar-refractivity contribution >= 4 is 17.8 Å². The summed E-state index contributed by atoms with van der Waals surface area (Å²) in [6.07, 6.45) is 2.86. The molecule has 1 N–H and O–H groups in total. The van der Waals surface area contributed by atoms with Gasteiger partial charge in [-0.1, -0.05) is 24.3 Å². The lowest BCUT2D eigenvalue weighted by Gasteiger charge is -2.37. The van der Waals surface area contributed by atoms with Crippen LogP contribution in [0.4, 0.5) is 0 Å². The van der Waals surface area contributed by atoms with Crippen molar-refractivity contribution in [2.75, 3.05) is 46.4 Å². The quantitative estimate of drug-likeness (QED) is 0.434. The molecule has 1 unspecified atom stereocenters. The van der Waals surface area contributed by atoms with E-state index in [4.69, 9.17) is 4.74 Å². The fourth-order valence-corrected chi connectivity index (χ4v) is 4.55. The third kappa shape index (κ3) is 5.18. The normalized spacial score (nSPS) is 21.4. The van der Waals surface area contributed by atoms with E-state index < -0.39 is 0 Å². The molecule has 0 aliphatic carbocycles. The van der Waals surface area contributed by atoms with Gasteiger partial charge in [0.05, 0.1) is 0 Å². The minimum atomic E-state index is -0.245. The maximum Gasteiger partial charge on any atom is 0.251 e. The number of fused-ring (bicyclic) bond motifs is 1. The Balaban J connectivity index is 1.15. The zero-order chi connectivity index (χ0) is 21.6. The van der Waals surface area contributed by atoms with Gasteiger partial charge in [0.15, 0.2) is 5.96 Å². The summed E-state index contributed by atoms with van der Waals surface area (Å²) < 4.78 is 5.53. The van der Waals surface area contributed by atoms with Crippen molar-refractivity contribution in [3.05, 3.63) is 35.4 Å². The molecule has 3 heterocycles. The Bertz CT molecular complexity index is 788. The number of carbonyl (C=O) groups excluding carboxylic acids is 2. The van der Waals surface area contributed by atoms with Crippen LogP contribution in [0.2, 0.25) is 0 Å². The van der Waals surface area contributed by atoms with Gasteiger partial charge in [-0.15, -0.1) is 0 Å². The summed E-state index contributed by atoms with van der Waals surface area (Å²) in [4.78, 5) is 35.5. The van der Waals surface area contributed by atoms with Crippen LogP contribution in [-0.2, 0) is 27.4 Å². The van der Waals surface area contributed by atoms with Gasteiger partial charge in [-0.2, -0.15) is 0 Å². The van der Waals surface area contributed by atoms with Crippen molar-refractivity contribution < 1.29 is 14.3 Å². The number of piperazine rings is 1. The fourth-order valence-electron chi connectivity index (χ4n) is 4.55. The number of nitrogens with one attached hydrogen (secondary N) is 1. The van der Waals surface area contributed by atoms with Gasteiger partial charge in [0.25, 0.3) is 5.91 Å². The van der Waals surface area contributed by atoms with Gasteiger partial charge in [-0.05, 0) is 30.4 Å². The number of carbonyl (C=O) groups is 2. The molecule has 8 heteroatoms. The Morgan fingerprint density at radius 2 is 1.74 bits per heavy atom. The molecule has 2 saturated heterocycles. The highest BCUT2D eigenvalue weighted by Crippen LogP contribution is 2.23. The van der Waals surface area contributed by atoms with E-state index in [2.05, 4.69) is 27.3 Å². The Morgan fingerprint density at radius 1 is 1.06 bits per heavy atom. The second-order valence-corrected chi connectivity index (χ2v) is 8.41. The summed E-state index contributed by atoms with van der Waals surface area (Å²) in [6.45, 7) is 5.72. The lowest BCUT2D eigenvalue weighted by molar-refractivity contribution is -0.142. The monoisotopic (exact) mass is 427 g/mol. The molecule has 0 radical (unpaired) electrons. The molecule has 4 rings (SSSR count). The molecule has 1 aromatic rings. The third-order valence-electron chi connectivity index (χ3n) is 6.35. The van der Waals surface area contributed by atoms with Crippen molar-refractivity contribution in [3.63, 3.8) is 0 Å². The zero-order valence-corrected chi connectivity index (χ0v) is 18.4. The van der Waals surface area contributed by atoms with Crippen molar-refractivity contribution in [3.8, 4) is 0 Å². The Morgan fingerprint density at radius 3 is 2.35 bits per heavy atom. The number of aliphatic imine (C=N–C) groups is 1. The first kappa shape index (κ1) is 21.6. The molecule has 31 heavy (non-hydrogen) atoms. The molecule has 1 atom stereocenters. The summed E-state index contributed by atoms with van der Waals surface area (Å²) in [7, 11) is 1.78. The number of nitrogens with zero attached hydrogens (tertiary/aromatic N) is 4. The molecule has 168 valence electrons. The maximum atomic E-state index is 12.5. The van der Waals surface area contributed by atoms with Crippen LogP contribution >= 0.6 is 0 Å². The molecular formula is C23H33N5O3. The predicted octanol–water partition coefficient (Wildman–Crippen LogP) is 1.21. The van der Waals surface area contributed by atoms with Crippen LogP contribution < -0.4 is 5.32 Å². The Labute approximate surface area is 184 Å². The zero-order valence-electron chi connectivity index (χ0n) is 18.4. The first-order valence-corrected chi connectivity index (χ1v) is 11.4. The van der Waals surface area contributed by atoms with E-state index in [0.29, 0.717) is 32.7 Å². The highest BCUT2D eigenvalue weighted by atomic mass is 16.5. The number of rotatable bonds is 5. The molecule has 2 amide bonds. The van der Waals surface area contributed by atoms with Crippen LogP contribution in [0.15, 0.2) is 29.3 Å². The highest BCUT2D eigenvalue weighted by molar-refractivity contribution is 5.83. The van der Waals surface area contributed by atoms with E-state index >= 15 is 0 Å². The van der Waals surface area contributed by atoms with Gasteiger partial charge in [-0.3, -0.25) is 14.6 Å². The molecule has 2 fully saturated rings. The third-order valence-corrected chi connectivity index (χ3v) is 6.35. The summed E-state index contributed by atoms with van der Waals surface area (Å²) in [6, 6.07) is 8.26. The first-order chi connectivity index (χ1) is 15.2. The maximum absolute atomic E-state index is 12.5. The lowest BCUT2D eigenvalue weighted by atomic mass is 10.1. The SMILES string of the molecule is CN=C(NCCCC(=O)N1Cc2ccccc2C1)N1CCN(C(=O)C2CCCO2)CC1. The van der Waals surface area contributed by atoms with E-state index in [1.54, 1.807) is 7.05 Å². The number of benzene rings is 1. The fraction of sp³-hybridized carbons (Fsp3) is 0.609. The smallest absolute Gasteiger partial charge is 0.251 e. The van der Waals surface area contributed by atoms with Crippen LogP contribution in [0.25, 0.3) is 0 Å². The van der Waals surface area contributed by atoms with Crippen molar-refractivity contribution in [1.29, 1.82) is 0 Å². The van der Waals surface area contributed by atoms with Gasteiger partial charge in [0.1, 0.15) is 6.10 Å². The van der Waals surface area contributed by atoms with Gasteiger partial charge < -0.3 is 24.8 Å². The van der Waals surface area contributed by atoms with Crippen LogP contribution in [0.1, 0.15) is 36.8 Å². The predicted molar refractivity (Wildman–Crippen MR) is 118 cm³/mol. The topological polar surface area (TPSA) is 77.5 Å². The number of hydrogen-bond acceptors (Lipinski definition) is 4. The number of hydrogen-bond donors (Lipinski definition) is 1. The van der Waals surface area contributed by atoms with Gasteiger partial charge >= 0.3 is 0 Å². The summed E-state index contributed by atoms with van der Waals surface area (Å²) in [5.41, 5.74) is 2.51. The van der Waals surface area contributed by atoms with Gasteiger partial charge in [0, 0.05) is 65.9 Å². The Kier molecular flexibility index (Phi) is 7.06. The first-order valence-electron chi connectivity index (χ1n) is 11.4. The molecule has 0 spiro atoms. The number of guanidine groups is 1. The van der Waals surface area contributed by atoms with Crippen LogP contribution in [-0.4, -0.2) is 85.0 Å². The minimum absolute atomic E-state index is 0.127. The average Bonchev–Trinajstić information content (AvgIpc) is 3.49. The van der Waals surface area contributed by atoms with E-state index in [1.165, 1.54) is 11.1 Å². The second kappa shape index (κ2) is 10.1. The van der Waals surface area contributed by atoms with Gasteiger partial charge in [-0.25, -0.2) is 0 Å². The van der Waals surface area contributed by atoms with Crippen molar-refractivity contribution in [2.24, 2.45) is 4.99 Å². The number of amides is 2. The largest absolute Gasteiger partial charge is 0.368 e. The standard InChI is InChI=1S/C23H33N5O3/c1-24-23(27-13-11-26(12-14-27)22(30)20-8-5-15-31-20)25-10-4-9-21(29)28-16-18-6-2-3-7-19(18)17-28/h2-3,6-7,20H,4-5,8-17H2,1H3,(H,24,25). The molecule has 0 bridgehead atoms. The van der Waals surface area contributed by atoms with Crippen molar-refractivity contribution in [2.45, 2.75) is 44.9 Å². The summed E-state index contributed by atoms with van der Waals surface area (Å²) >= 11 is 0. The summed E-state index contributed by atoms with van der Waals surface area (Å²) in [5.74, 6) is 1.17. The highest BCUT2D eigenvalue weighted by Gasteiger charge is 2.31. The van der Waals surface area contributed by atoms with Crippen LogP contribution in [0.5, 0.6) is 0 Å². The molecule has 0 aromatic heterocycles. The van der Waals surface area contributed by atoms with E-state index in [1.807, 2.05) is 21.9 Å². The molecule has 8 nitrogen and oxygen atoms in total. The minimum Gasteiger partial charge on any atom is -0.368 e. The van der Waals surface area contributed by atoms with Crippen molar-refractivity contribution in [1.82, 2.24) is 20.0 Å². The second-order valence-electron chi connectivity index (χ2n) is 8.41. The Hall–Kier alpha value is -2.61. The molecule has 3 aliphatic rings. The molecule has 0 saturated carbocycles. The molecule has 3 aliphatic heterocycles. The van der Waals surface area contributed by atoms with Gasteiger partial charge in [0.2, 0.25) is 5.91 Å².